The van der Waals surface area contributed by atoms with Gasteiger partial charge in [0.1, 0.15) is 5.75 Å². The summed E-state index contributed by atoms with van der Waals surface area (Å²) in [4.78, 5) is 0. The molecule has 0 amide bonds. The fourth-order valence-corrected chi connectivity index (χ4v) is 2.74. The van der Waals surface area contributed by atoms with Crippen LogP contribution in [0.5, 0.6) is 5.75 Å². The molecule has 1 aliphatic rings. The summed E-state index contributed by atoms with van der Waals surface area (Å²) < 4.78 is 0.951. The third-order valence-electron chi connectivity index (χ3n) is 3.35. The Hall–Kier alpha value is -0.580. The molecule has 1 aromatic carbocycles. The monoisotopic (exact) mass is 299 g/mol. The highest BCUT2D eigenvalue weighted by Crippen LogP contribution is 2.29. The smallest absolute Gasteiger partial charge is 0.120 e. The third-order valence-corrected chi connectivity index (χ3v) is 3.84. The van der Waals surface area contributed by atoms with Gasteiger partial charge < -0.3 is 15.5 Å². The molecule has 0 atom stereocenters. The van der Waals surface area contributed by atoms with E-state index in [4.69, 9.17) is 0 Å². The maximum Gasteiger partial charge on any atom is 0.120 e. The number of nitrogens with one attached hydrogen (secondary N) is 1. The molecule has 0 saturated heterocycles. The second kappa shape index (κ2) is 5.38. The molecule has 4 heteroatoms. The number of phenolic OH excluding ortho intramolecular Hbond substituents is 1. The fourth-order valence-electron chi connectivity index (χ4n) is 2.34. The van der Waals surface area contributed by atoms with Crippen molar-refractivity contribution >= 4 is 15.9 Å². The lowest BCUT2D eigenvalue weighted by molar-refractivity contribution is 0.0474. The molecular formula is C13H18BrNO2. The molecule has 2 rings (SSSR count). The van der Waals surface area contributed by atoms with E-state index in [0.717, 1.165) is 35.7 Å². The SMILES string of the molecule is Oc1ccc(Br)cc1CNCC1(O)CCCC1. The van der Waals surface area contributed by atoms with Crippen LogP contribution in [0.3, 0.4) is 0 Å². The van der Waals surface area contributed by atoms with Crippen molar-refractivity contribution in [3.8, 4) is 5.75 Å². The van der Waals surface area contributed by atoms with Crippen molar-refractivity contribution in [3.63, 3.8) is 0 Å². The van der Waals surface area contributed by atoms with Crippen molar-refractivity contribution in [3.05, 3.63) is 28.2 Å². The van der Waals surface area contributed by atoms with E-state index in [-0.39, 0.29) is 0 Å². The van der Waals surface area contributed by atoms with Gasteiger partial charge in [-0.1, -0.05) is 28.8 Å². The Morgan fingerprint density at radius 1 is 1.29 bits per heavy atom. The van der Waals surface area contributed by atoms with Crippen molar-refractivity contribution in [1.29, 1.82) is 0 Å². The molecule has 3 N–H and O–H groups in total. The van der Waals surface area contributed by atoms with Crippen molar-refractivity contribution in [2.24, 2.45) is 0 Å². The van der Waals surface area contributed by atoms with E-state index in [1.54, 1.807) is 6.07 Å². The average molecular weight is 300 g/mol. The van der Waals surface area contributed by atoms with Gasteiger partial charge in [0.05, 0.1) is 5.60 Å². The van der Waals surface area contributed by atoms with Crippen molar-refractivity contribution in [1.82, 2.24) is 5.32 Å². The molecule has 1 fully saturated rings. The van der Waals surface area contributed by atoms with Gasteiger partial charge in [-0.3, -0.25) is 0 Å². The summed E-state index contributed by atoms with van der Waals surface area (Å²) in [6.45, 7) is 1.17. The minimum Gasteiger partial charge on any atom is -0.508 e. The zero-order valence-corrected chi connectivity index (χ0v) is 11.3. The number of hydrogen-bond acceptors (Lipinski definition) is 3. The molecule has 3 nitrogen and oxygen atoms in total. The van der Waals surface area contributed by atoms with Gasteiger partial charge in [0.25, 0.3) is 0 Å². The van der Waals surface area contributed by atoms with Gasteiger partial charge >= 0.3 is 0 Å². The van der Waals surface area contributed by atoms with E-state index < -0.39 is 5.60 Å². The average Bonchev–Trinajstić information content (AvgIpc) is 2.71. The van der Waals surface area contributed by atoms with Crippen LogP contribution in [0.4, 0.5) is 0 Å². The number of benzene rings is 1. The molecule has 17 heavy (non-hydrogen) atoms. The Bertz CT molecular complexity index is 389. The highest BCUT2D eigenvalue weighted by atomic mass is 79.9. The Kier molecular flexibility index (Phi) is 4.07. The predicted octanol–water partition coefficient (Wildman–Crippen LogP) is 2.55. The topological polar surface area (TPSA) is 52.5 Å². The standard InChI is InChI=1S/C13H18BrNO2/c14-11-3-4-12(16)10(7-11)8-15-9-13(17)5-1-2-6-13/h3-4,7,15-17H,1-2,5-6,8-9H2. The van der Waals surface area contributed by atoms with E-state index in [0.29, 0.717) is 18.8 Å². The van der Waals surface area contributed by atoms with Crippen LogP contribution in [0.1, 0.15) is 31.2 Å². The summed E-state index contributed by atoms with van der Waals surface area (Å²) in [5.74, 6) is 0.291. The fraction of sp³-hybridized carbons (Fsp3) is 0.538. The minimum absolute atomic E-state index is 0.291. The quantitative estimate of drug-likeness (QED) is 0.801. The summed E-state index contributed by atoms with van der Waals surface area (Å²) in [6, 6.07) is 5.37. The number of aliphatic hydroxyl groups is 1. The van der Waals surface area contributed by atoms with Crippen LogP contribution in [0, 0.1) is 0 Å². The number of aromatic hydroxyl groups is 1. The molecule has 0 bridgehead atoms. The van der Waals surface area contributed by atoms with Crippen LogP contribution in [0.2, 0.25) is 0 Å². The Labute approximate surface area is 110 Å². The van der Waals surface area contributed by atoms with Gasteiger partial charge in [-0.15, -0.1) is 0 Å². The number of halogens is 1. The van der Waals surface area contributed by atoms with E-state index in [2.05, 4.69) is 21.2 Å². The summed E-state index contributed by atoms with van der Waals surface area (Å²) in [5, 5.41) is 23.0. The molecule has 0 aromatic heterocycles. The van der Waals surface area contributed by atoms with Crippen LogP contribution in [-0.2, 0) is 6.54 Å². The molecule has 1 aliphatic carbocycles. The molecule has 1 saturated carbocycles. The zero-order valence-electron chi connectivity index (χ0n) is 9.75. The lowest BCUT2D eigenvalue weighted by atomic mass is 10.0. The third kappa shape index (κ3) is 3.44. The molecule has 0 heterocycles. The van der Waals surface area contributed by atoms with E-state index in [1.165, 1.54) is 0 Å². The molecule has 0 unspecified atom stereocenters. The molecule has 1 aromatic rings. The van der Waals surface area contributed by atoms with Crippen molar-refractivity contribution in [2.45, 2.75) is 37.8 Å². The first kappa shape index (κ1) is 12.9. The van der Waals surface area contributed by atoms with Crippen LogP contribution < -0.4 is 5.32 Å². The highest BCUT2D eigenvalue weighted by Gasteiger charge is 2.30. The van der Waals surface area contributed by atoms with Crippen molar-refractivity contribution in [2.75, 3.05) is 6.54 Å². The van der Waals surface area contributed by atoms with Gasteiger partial charge in [0, 0.05) is 23.1 Å². The van der Waals surface area contributed by atoms with Gasteiger partial charge in [0.2, 0.25) is 0 Å². The Morgan fingerprint density at radius 2 is 2.00 bits per heavy atom. The molecule has 0 aliphatic heterocycles. The van der Waals surface area contributed by atoms with Crippen LogP contribution in [0.15, 0.2) is 22.7 Å². The molecular weight excluding hydrogens is 282 g/mol. The first-order valence-electron chi connectivity index (χ1n) is 6.00. The minimum atomic E-state index is -0.540. The van der Waals surface area contributed by atoms with Gasteiger partial charge in [-0.25, -0.2) is 0 Å². The highest BCUT2D eigenvalue weighted by molar-refractivity contribution is 9.10. The maximum absolute atomic E-state index is 10.2. The Balaban J connectivity index is 1.87. The van der Waals surface area contributed by atoms with Crippen LogP contribution in [-0.4, -0.2) is 22.4 Å². The first-order valence-corrected chi connectivity index (χ1v) is 6.79. The lowest BCUT2D eigenvalue weighted by Crippen LogP contribution is -2.37. The molecule has 0 radical (unpaired) electrons. The van der Waals surface area contributed by atoms with Gasteiger partial charge in [-0.2, -0.15) is 0 Å². The Morgan fingerprint density at radius 3 is 2.71 bits per heavy atom. The molecule has 94 valence electrons. The zero-order chi connectivity index (χ0) is 12.3. The van der Waals surface area contributed by atoms with Crippen LogP contribution >= 0.6 is 15.9 Å². The summed E-state index contributed by atoms with van der Waals surface area (Å²) in [6.07, 6.45) is 3.98. The van der Waals surface area contributed by atoms with Crippen LogP contribution in [0.25, 0.3) is 0 Å². The largest absolute Gasteiger partial charge is 0.508 e. The maximum atomic E-state index is 10.2. The lowest BCUT2D eigenvalue weighted by Gasteiger charge is -2.22. The second-order valence-electron chi connectivity index (χ2n) is 4.81. The molecule has 0 spiro atoms. The summed E-state index contributed by atoms with van der Waals surface area (Å²) in [5.41, 5.74) is 0.308. The second-order valence-corrected chi connectivity index (χ2v) is 5.72. The number of hydrogen-bond donors (Lipinski definition) is 3. The summed E-state index contributed by atoms with van der Waals surface area (Å²) in [7, 11) is 0. The number of rotatable bonds is 4. The van der Waals surface area contributed by atoms with E-state index >= 15 is 0 Å². The van der Waals surface area contributed by atoms with Gasteiger partial charge in [-0.05, 0) is 31.0 Å². The first-order chi connectivity index (χ1) is 8.09. The van der Waals surface area contributed by atoms with E-state index in [1.807, 2.05) is 12.1 Å². The van der Waals surface area contributed by atoms with E-state index in [9.17, 15) is 10.2 Å². The number of phenols is 1. The normalized spacial score (nSPS) is 18.5. The van der Waals surface area contributed by atoms with Gasteiger partial charge in [0.15, 0.2) is 0 Å². The van der Waals surface area contributed by atoms with Crippen molar-refractivity contribution < 1.29 is 10.2 Å². The predicted molar refractivity (Wildman–Crippen MR) is 70.9 cm³/mol. The summed E-state index contributed by atoms with van der Waals surface area (Å²) >= 11 is 3.38.